The molecule has 2 heterocycles. The quantitative estimate of drug-likeness (QED) is 0.802. The molecule has 0 spiro atoms. The zero-order valence-electron chi connectivity index (χ0n) is 10.4. The van der Waals surface area contributed by atoms with Gasteiger partial charge in [0.15, 0.2) is 17.3 Å². The predicted octanol–water partition coefficient (Wildman–Crippen LogP) is 3.33. The number of fused-ring (bicyclic) bond motifs is 1. The summed E-state index contributed by atoms with van der Waals surface area (Å²) in [4.78, 5) is 12.3. The molecule has 0 N–H and O–H groups in total. The Morgan fingerprint density at radius 1 is 1.21 bits per heavy atom. The molecule has 0 unspecified atom stereocenters. The van der Waals surface area contributed by atoms with Crippen LogP contribution in [0.15, 0.2) is 35.0 Å². The van der Waals surface area contributed by atoms with Gasteiger partial charge in [-0.2, -0.15) is 11.3 Å². The maximum absolute atomic E-state index is 12.3. The van der Waals surface area contributed by atoms with Gasteiger partial charge in [0, 0.05) is 6.42 Å². The van der Waals surface area contributed by atoms with Gasteiger partial charge in [-0.1, -0.05) is 6.07 Å². The molecular weight excluding hydrogens is 260 g/mol. The molecule has 0 aliphatic carbocycles. The van der Waals surface area contributed by atoms with Gasteiger partial charge in [-0.15, -0.1) is 0 Å². The number of Topliss-reactive ketones (excluding diaryl/α,β-unsaturated/α-hetero) is 1. The van der Waals surface area contributed by atoms with Gasteiger partial charge in [0.2, 0.25) is 0 Å². The normalized spacial score (nSPS) is 13.3. The van der Waals surface area contributed by atoms with Crippen LogP contribution in [0.1, 0.15) is 22.3 Å². The minimum atomic E-state index is 0.105. The van der Waals surface area contributed by atoms with Crippen molar-refractivity contribution in [3.8, 4) is 11.5 Å². The molecule has 4 heteroatoms. The summed E-state index contributed by atoms with van der Waals surface area (Å²) in [6.45, 7) is 1.04. The molecule has 0 radical (unpaired) electrons. The van der Waals surface area contributed by atoms with Crippen molar-refractivity contribution in [2.45, 2.75) is 12.8 Å². The van der Waals surface area contributed by atoms with Crippen LogP contribution in [0.5, 0.6) is 11.5 Å². The van der Waals surface area contributed by atoms with Crippen molar-refractivity contribution < 1.29 is 14.3 Å². The van der Waals surface area contributed by atoms with E-state index in [0.29, 0.717) is 36.7 Å². The molecule has 1 aliphatic rings. The number of aryl methyl sites for hydroxylation is 1. The summed E-state index contributed by atoms with van der Waals surface area (Å²) >= 11 is 1.65. The third-order valence-electron chi connectivity index (χ3n) is 3.09. The van der Waals surface area contributed by atoms with E-state index in [0.717, 1.165) is 6.42 Å². The SMILES string of the molecule is O=C(CCc1ccsc1)c1cccc2c1OCCO2. The lowest BCUT2D eigenvalue weighted by atomic mass is 10.0. The minimum Gasteiger partial charge on any atom is -0.486 e. The average Bonchev–Trinajstić information content (AvgIpc) is 2.97. The van der Waals surface area contributed by atoms with Gasteiger partial charge >= 0.3 is 0 Å². The number of ketones is 1. The fourth-order valence-electron chi connectivity index (χ4n) is 2.12. The van der Waals surface area contributed by atoms with E-state index >= 15 is 0 Å². The number of benzene rings is 1. The average molecular weight is 274 g/mol. The fourth-order valence-corrected chi connectivity index (χ4v) is 2.82. The Balaban J connectivity index is 1.76. The summed E-state index contributed by atoms with van der Waals surface area (Å²) in [5.41, 5.74) is 1.84. The van der Waals surface area contributed by atoms with E-state index in [1.165, 1.54) is 5.56 Å². The van der Waals surface area contributed by atoms with E-state index in [4.69, 9.17) is 9.47 Å². The van der Waals surface area contributed by atoms with E-state index in [9.17, 15) is 4.79 Å². The van der Waals surface area contributed by atoms with Crippen molar-refractivity contribution in [1.29, 1.82) is 0 Å². The topological polar surface area (TPSA) is 35.5 Å². The molecule has 19 heavy (non-hydrogen) atoms. The Hall–Kier alpha value is -1.81. The zero-order valence-corrected chi connectivity index (χ0v) is 11.2. The molecule has 1 aromatic heterocycles. The molecule has 1 aromatic carbocycles. The Kier molecular flexibility index (Phi) is 3.51. The molecule has 0 fully saturated rings. The highest BCUT2D eigenvalue weighted by Crippen LogP contribution is 2.34. The zero-order chi connectivity index (χ0) is 13.1. The van der Waals surface area contributed by atoms with Gasteiger partial charge in [-0.3, -0.25) is 4.79 Å². The van der Waals surface area contributed by atoms with Gasteiger partial charge in [0.25, 0.3) is 0 Å². The Bertz CT molecular complexity index is 575. The third kappa shape index (κ3) is 2.63. The van der Waals surface area contributed by atoms with Gasteiger partial charge < -0.3 is 9.47 Å². The van der Waals surface area contributed by atoms with Crippen LogP contribution in [-0.2, 0) is 6.42 Å². The van der Waals surface area contributed by atoms with Crippen molar-refractivity contribution in [3.05, 3.63) is 46.2 Å². The number of ether oxygens (including phenoxy) is 2. The molecule has 2 aromatic rings. The van der Waals surface area contributed by atoms with Crippen molar-refractivity contribution in [2.24, 2.45) is 0 Å². The molecule has 0 atom stereocenters. The van der Waals surface area contributed by atoms with Crippen LogP contribution in [0, 0.1) is 0 Å². The summed E-state index contributed by atoms with van der Waals surface area (Å²) in [6.07, 6.45) is 1.27. The summed E-state index contributed by atoms with van der Waals surface area (Å²) in [6, 6.07) is 7.54. The lowest BCUT2D eigenvalue weighted by molar-refractivity contribution is 0.0971. The standard InChI is InChI=1S/C15H14O3S/c16-13(5-4-11-6-9-19-10-11)12-2-1-3-14-15(12)18-8-7-17-14/h1-3,6,9-10H,4-5,7-8H2. The second-order valence-electron chi connectivity index (χ2n) is 4.38. The van der Waals surface area contributed by atoms with Gasteiger partial charge in [-0.25, -0.2) is 0 Å². The van der Waals surface area contributed by atoms with Crippen LogP contribution in [0.4, 0.5) is 0 Å². The first-order valence-corrected chi connectivity index (χ1v) is 7.22. The number of rotatable bonds is 4. The lowest BCUT2D eigenvalue weighted by Gasteiger charge is -2.20. The number of hydrogen-bond acceptors (Lipinski definition) is 4. The van der Waals surface area contributed by atoms with E-state index in [-0.39, 0.29) is 5.78 Å². The highest BCUT2D eigenvalue weighted by Gasteiger charge is 2.19. The van der Waals surface area contributed by atoms with Crippen LogP contribution in [0.2, 0.25) is 0 Å². The molecule has 3 rings (SSSR count). The third-order valence-corrected chi connectivity index (χ3v) is 3.82. The largest absolute Gasteiger partial charge is 0.486 e. The second-order valence-corrected chi connectivity index (χ2v) is 5.16. The molecule has 98 valence electrons. The highest BCUT2D eigenvalue weighted by molar-refractivity contribution is 7.07. The van der Waals surface area contributed by atoms with Crippen LogP contribution in [-0.4, -0.2) is 19.0 Å². The first-order chi connectivity index (χ1) is 9.34. The van der Waals surface area contributed by atoms with Gasteiger partial charge in [-0.05, 0) is 40.9 Å². The number of thiophene rings is 1. The summed E-state index contributed by atoms with van der Waals surface area (Å²) in [5.74, 6) is 1.38. The van der Waals surface area contributed by atoms with E-state index < -0.39 is 0 Å². The number of hydrogen-bond donors (Lipinski definition) is 0. The smallest absolute Gasteiger partial charge is 0.172 e. The monoisotopic (exact) mass is 274 g/mol. The maximum atomic E-state index is 12.3. The highest BCUT2D eigenvalue weighted by atomic mass is 32.1. The molecule has 1 aliphatic heterocycles. The molecule has 0 saturated carbocycles. The first-order valence-electron chi connectivity index (χ1n) is 6.27. The molecule has 3 nitrogen and oxygen atoms in total. The molecular formula is C15H14O3S. The number of carbonyl (C=O) groups is 1. The van der Waals surface area contributed by atoms with Crippen molar-refractivity contribution in [3.63, 3.8) is 0 Å². The van der Waals surface area contributed by atoms with Crippen LogP contribution in [0.3, 0.4) is 0 Å². The molecule has 0 bridgehead atoms. The van der Waals surface area contributed by atoms with E-state index in [2.05, 4.69) is 11.4 Å². The second kappa shape index (κ2) is 5.45. The minimum absolute atomic E-state index is 0.105. The van der Waals surface area contributed by atoms with Crippen molar-refractivity contribution in [1.82, 2.24) is 0 Å². The molecule has 0 amide bonds. The van der Waals surface area contributed by atoms with Crippen molar-refractivity contribution >= 4 is 17.1 Å². The maximum Gasteiger partial charge on any atom is 0.172 e. The van der Waals surface area contributed by atoms with Crippen LogP contribution < -0.4 is 9.47 Å². The Morgan fingerprint density at radius 2 is 2.11 bits per heavy atom. The van der Waals surface area contributed by atoms with Crippen molar-refractivity contribution in [2.75, 3.05) is 13.2 Å². The number of carbonyl (C=O) groups excluding carboxylic acids is 1. The van der Waals surface area contributed by atoms with Crippen LogP contribution in [0.25, 0.3) is 0 Å². The predicted molar refractivity (Wildman–Crippen MR) is 74.4 cm³/mol. The summed E-state index contributed by atoms with van der Waals surface area (Å²) in [5, 5.41) is 4.11. The van der Waals surface area contributed by atoms with Gasteiger partial charge in [0.05, 0.1) is 5.56 Å². The Morgan fingerprint density at radius 3 is 2.95 bits per heavy atom. The summed E-state index contributed by atoms with van der Waals surface area (Å²) < 4.78 is 11.1. The molecule has 0 saturated heterocycles. The van der Waals surface area contributed by atoms with Gasteiger partial charge in [0.1, 0.15) is 13.2 Å². The van der Waals surface area contributed by atoms with E-state index in [1.807, 2.05) is 23.6 Å². The fraction of sp³-hybridized carbons (Fsp3) is 0.267. The number of para-hydroxylation sites is 1. The first kappa shape index (κ1) is 12.2. The van der Waals surface area contributed by atoms with E-state index in [1.54, 1.807) is 11.3 Å². The van der Waals surface area contributed by atoms with Crippen LogP contribution >= 0.6 is 11.3 Å². The summed E-state index contributed by atoms with van der Waals surface area (Å²) in [7, 11) is 0. The Labute approximate surface area is 115 Å². The lowest BCUT2D eigenvalue weighted by Crippen LogP contribution is -2.17.